The summed E-state index contributed by atoms with van der Waals surface area (Å²) in [6.07, 6.45) is 7.49. The molecule has 1 amide bonds. The van der Waals surface area contributed by atoms with E-state index in [-0.39, 0.29) is 0 Å². The van der Waals surface area contributed by atoms with Crippen molar-refractivity contribution in [3.63, 3.8) is 0 Å². The second-order valence-electron chi connectivity index (χ2n) is 7.93. The van der Waals surface area contributed by atoms with Crippen LogP contribution in [0.5, 0.6) is 0 Å². The fraction of sp³-hybridized carbons (Fsp3) is 0.737. The molecule has 136 valence electrons. The summed E-state index contributed by atoms with van der Waals surface area (Å²) in [5, 5.41) is 8.83. The molecule has 1 atom stereocenters. The summed E-state index contributed by atoms with van der Waals surface area (Å²) in [4.78, 5) is 18.8. The lowest BCUT2D eigenvalue weighted by Gasteiger charge is -2.46. The van der Waals surface area contributed by atoms with Gasteiger partial charge in [0.2, 0.25) is 5.91 Å². The normalized spacial score (nSPS) is 24.4. The molecular weight excluding hydrogens is 314 g/mol. The molecule has 25 heavy (non-hydrogen) atoms. The lowest BCUT2D eigenvalue weighted by molar-refractivity contribution is -0.131. The number of amides is 1. The van der Waals surface area contributed by atoms with E-state index in [2.05, 4.69) is 33.1 Å². The zero-order valence-electron chi connectivity index (χ0n) is 15.4. The van der Waals surface area contributed by atoms with Crippen molar-refractivity contribution in [3.05, 3.63) is 17.3 Å². The van der Waals surface area contributed by atoms with Gasteiger partial charge in [-0.1, -0.05) is 6.42 Å². The number of anilines is 1. The van der Waals surface area contributed by atoms with Crippen LogP contribution in [0.15, 0.2) is 6.07 Å². The third kappa shape index (κ3) is 3.36. The summed E-state index contributed by atoms with van der Waals surface area (Å²) in [5.74, 6) is 1.34. The Hall–Kier alpha value is -1.69. The van der Waals surface area contributed by atoms with Crippen molar-refractivity contribution in [3.8, 4) is 0 Å². The zero-order chi connectivity index (χ0) is 17.4. The zero-order valence-corrected chi connectivity index (χ0v) is 15.4. The molecule has 3 aliphatic rings. The quantitative estimate of drug-likeness (QED) is 0.829. The van der Waals surface area contributed by atoms with Crippen LogP contribution in [0.1, 0.15) is 43.4 Å². The van der Waals surface area contributed by atoms with Crippen LogP contribution in [0.25, 0.3) is 0 Å². The molecule has 2 aliphatic heterocycles. The van der Waals surface area contributed by atoms with Crippen LogP contribution >= 0.6 is 0 Å². The van der Waals surface area contributed by atoms with Crippen molar-refractivity contribution in [1.29, 1.82) is 0 Å². The summed E-state index contributed by atoms with van der Waals surface area (Å²) in [6.45, 7) is 2.99. The fourth-order valence-electron chi connectivity index (χ4n) is 4.32. The first-order valence-electron chi connectivity index (χ1n) is 9.68. The van der Waals surface area contributed by atoms with Crippen LogP contribution in [-0.4, -0.2) is 71.7 Å². The molecule has 1 aliphatic carbocycles. The second-order valence-corrected chi connectivity index (χ2v) is 7.93. The molecule has 2 fully saturated rings. The maximum atomic E-state index is 12.1. The smallest absolute Gasteiger partial charge is 0.222 e. The van der Waals surface area contributed by atoms with E-state index >= 15 is 0 Å². The number of likely N-dealkylation sites (N-methyl/N-ethyl adjacent to an activating group) is 2. The van der Waals surface area contributed by atoms with E-state index in [1.807, 2.05) is 11.9 Å². The van der Waals surface area contributed by atoms with Gasteiger partial charge in [-0.05, 0) is 50.8 Å². The van der Waals surface area contributed by atoms with E-state index in [1.165, 1.54) is 17.7 Å². The van der Waals surface area contributed by atoms with Gasteiger partial charge in [0, 0.05) is 45.2 Å². The van der Waals surface area contributed by atoms with Crippen molar-refractivity contribution in [2.24, 2.45) is 0 Å². The molecule has 0 radical (unpaired) electrons. The third-order valence-electron chi connectivity index (χ3n) is 6.23. The summed E-state index contributed by atoms with van der Waals surface area (Å²) in [5.41, 5.74) is 2.58. The van der Waals surface area contributed by atoms with Gasteiger partial charge in [0.05, 0.1) is 5.69 Å². The Morgan fingerprint density at radius 1 is 1.16 bits per heavy atom. The average molecular weight is 343 g/mol. The Morgan fingerprint density at radius 2 is 2.00 bits per heavy atom. The van der Waals surface area contributed by atoms with Crippen molar-refractivity contribution in [2.45, 2.75) is 57.0 Å². The number of rotatable bonds is 4. The summed E-state index contributed by atoms with van der Waals surface area (Å²) >= 11 is 0. The number of aromatic nitrogens is 2. The molecule has 3 heterocycles. The number of nitrogens with zero attached hydrogens (tertiary/aromatic N) is 5. The Balaban J connectivity index is 1.31. The predicted molar refractivity (Wildman–Crippen MR) is 97.7 cm³/mol. The van der Waals surface area contributed by atoms with Gasteiger partial charge in [-0.15, -0.1) is 5.10 Å². The van der Waals surface area contributed by atoms with Crippen LogP contribution in [0.4, 0.5) is 5.82 Å². The lowest BCUT2D eigenvalue weighted by atomic mass is 10.0. The topological polar surface area (TPSA) is 52.6 Å². The minimum absolute atomic E-state index is 0.305. The molecule has 0 spiro atoms. The molecular formula is C19H29N5O. The van der Waals surface area contributed by atoms with Gasteiger partial charge in [0.15, 0.2) is 5.82 Å². The van der Waals surface area contributed by atoms with E-state index in [9.17, 15) is 4.79 Å². The van der Waals surface area contributed by atoms with Crippen molar-refractivity contribution < 1.29 is 4.79 Å². The minimum atomic E-state index is 0.305. The van der Waals surface area contributed by atoms with Gasteiger partial charge < -0.3 is 9.80 Å². The van der Waals surface area contributed by atoms with Gasteiger partial charge >= 0.3 is 0 Å². The number of aryl methyl sites for hydroxylation is 2. The monoisotopic (exact) mass is 343 g/mol. The molecule has 1 aromatic rings. The first-order chi connectivity index (χ1) is 12.1. The Morgan fingerprint density at radius 3 is 2.84 bits per heavy atom. The van der Waals surface area contributed by atoms with Gasteiger partial charge in [-0.2, -0.15) is 5.10 Å². The molecule has 2 saturated heterocycles. The van der Waals surface area contributed by atoms with Gasteiger partial charge in [-0.25, -0.2) is 0 Å². The summed E-state index contributed by atoms with van der Waals surface area (Å²) < 4.78 is 0. The Kier molecular flexibility index (Phi) is 4.63. The number of carbonyl (C=O) groups excluding carboxylic acids is 1. The number of carbonyl (C=O) groups is 1. The average Bonchev–Trinajstić information content (AvgIpc) is 2.97. The van der Waals surface area contributed by atoms with Crippen molar-refractivity contribution >= 4 is 11.7 Å². The molecule has 1 unspecified atom stereocenters. The molecule has 4 rings (SSSR count). The van der Waals surface area contributed by atoms with Crippen LogP contribution < -0.4 is 4.90 Å². The number of hydrogen-bond donors (Lipinski definition) is 0. The van der Waals surface area contributed by atoms with E-state index in [0.29, 0.717) is 24.4 Å². The maximum absolute atomic E-state index is 12.1. The molecule has 1 aromatic heterocycles. The highest BCUT2D eigenvalue weighted by Gasteiger charge is 2.34. The largest absolute Gasteiger partial charge is 0.352 e. The van der Waals surface area contributed by atoms with Crippen molar-refractivity contribution in [2.75, 3.05) is 38.6 Å². The maximum Gasteiger partial charge on any atom is 0.222 e. The second kappa shape index (κ2) is 6.90. The highest BCUT2D eigenvalue weighted by Crippen LogP contribution is 2.27. The van der Waals surface area contributed by atoms with Gasteiger partial charge in [0.1, 0.15) is 0 Å². The Bertz CT molecular complexity index is 643. The van der Waals surface area contributed by atoms with E-state index < -0.39 is 0 Å². The molecule has 0 aromatic carbocycles. The summed E-state index contributed by atoms with van der Waals surface area (Å²) in [6, 6.07) is 3.14. The number of likely N-dealkylation sites (tertiary alicyclic amines) is 1. The van der Waals surface area contributed by atoms with E-state index in [0.717, 1.165) is 57.6 Å². The van der Waals surface area contributed by atoms with Crippen LogP contribution in [-0.2, 0) is 17.6 Å². The fourth-order valence-corrected chi connectivity index (χ4v) is 4.32. The molecule has 0 N–H and O–H groups in total. The van der Waals surface area contributed by atoms with E-state index in [1.54, 1.807) is 0 Å². The van der Waals surface area contributed by atoms with Crippen molar-refractivity contribution in [1.82, 2.24) is 20.0 Å². The van der Waals surface area contributed by atoms with Crippen LogP contribution in [0.2, 0.25) is 0 Å². The molecule has 0 saturated carbocycles. The highest BCUT2D eigenvalue weighted by molar-refractivity contribution is 5.76. The first-order valence-corrected chi connectivity index (χ1v) is 9.68. The minimum Gasteiger partial charge on any atom is -0.352 e. The van der Waals surface area contributed by atoms with Gasteiger partial charge in [-0.3, -0.25) is 9.69 Å². The third-order valence-corrected chi connectivity index (χ3v) is 6.23. The first kappa shape index (κ1) is 16.8. The lowest BCUT2D eigenvalue weighted by Crippen LogP contribution is -2.60. The van der Waals surface area contributed by atoms with E-state index in [4.69, 9.17) is 0 Å². The highest BCUT2D eigenvalue weighted by atomic mass is 16.2. The van der Waals surface area contributed by atoms with Crippen LogP contribution in [0.3, 0.4) is 0 Å². The standard InChI is InChI=1S/C19H29N5O/c1-22(11-15-7-3-4-9-19(25)23(15)2)16-12-24(13-16)18-10-14-6-5-8-17(14)20-21-18/h10,15-16H,3-9,11-13H2,1-2H3. The molecule has 0 bridgehead atoms. The Labute approximate surface area is 150 Å². The SMILES string of the molecule is CN(CC1CCCCC(=O)N1C)C1CN(c2cc3c(nn2)CCC3)C1. The predicted octanol–water partition coefficient (Wildman–Crippen LogP) is 1.49. The number of fused-ring (bicyclic) bond motifs is 1. The number of hydrogen-bond acceptors (Lipinski definition) is 5. The molecule has 6 nitrogen and oxygen atoms in total. The summed E-state index contributed by atoms with van der Waals surface area (Å²) in [7, 11) is 4.17. The molecule has 6 heteroatoms. The van der Waals surface area contributed by atoms with Crippen LogP contribution in [0, 0.1) is 0 Å². The van der Waals surface area contributed by atoms with Gasteiger partial charge in [0.25, 0.3) is 0 Å².